The fraction of sp³-hybridized carbons (Fsp3) is 0.467. The second kappa shape index (κ2) is 24.9. The number of nitrogens with zero attached hydrogens (tertiary/aromatic N) is 5. The molecule has 0 spiro atoms. The monoisotopic (exact) mass is 934 g/mol. The van der Waals surface area contributed by atoms with Crippen LogP contribution in [0.25, 0.3) is 68.6 Å². The Balaban J connectivity index is 1.02. The second-order valence-electron chi connectivity index (χ2n) is 21.0. The Bertz CT molecular complexity index is 2620. The molecule has 5 aromatic rings. The van der Waals surface area contributed by atoms with Gasteiger partial charge in [-0.15, -0.1) is 0 Å². The van der Waals surface area contributed by atoms with E-state index in [1.165, 1.54) is 83.7 Å². The van der Waals surface area contributed by atoms with Crippen LogP contribution in [0, 0.1) is 0 Å². The minimum Gasteiger partial charge on any atom is -0.494 e. The van der Waals surface area contributed by atoms with Crippen molar-refractivity contribution < 1.29 is 18.4 Å². The molecule has 9 heteroatoms. The first kappa shape index (κ1) is 51.4. The molecule has 368 valence electrons. The number of hydrogen-bond donors (Lipinski definition) is 2. The van der Waals surface area contributed by atoms with Gasteiger partial charge in [-0.05, 0) is 123 Å². The smallest absolute Gasteiger partial charge is 0.119 e. The second-order valence-corrected chi connectivity index (χ2v) is 21.0. The molecule has 0 saturated heterocycles. The molecule has 2 aliphatic heterocycles. The minimum absolute atomic E-state index is 0.656. The lowest BCUT2D eigenvalue weighted by atomic mass is 10.0. The first-order valence-electron chi connectivity index (χ1n) is 26.3. The summed E-state index contributed by atoms with van der Waals surface area (Å²) in [6.45, 7) is 10.6. The number of fused-ring (bicyclic) bond motifs is 8. The molecule has 1 atom stereocenters. The van der Waals surface area contributed by atoms with Crippen LogP contribution in [0.4, 0.5) is 0 Å². The molecular weight excluding hydrogens is 851 g/mol. The molecule has 8 bridgehead atoms. The lowest BCUT2D eigenvalue weighted by Crippen LogP contribution is -2.54. The Kier molecular flexibility index (Phi) is 18.5. The van der Waals surface area contributed by atoms with Crippen LogP contribution in [0.3, 0.4) is 0 Å². The summed E-state index contributed by atoms with van der Waals surface area (Å²) in [5.41, 5.74) is 11.8. The summed E-state index contributed by atoms with van der Waals surface area (Å²) in [6.07, 6.45) is 25.0. The van der Waals surface area contributed by atoms with Gasteiger partial charge in [-0.3, -0.25) is 0 Å². The number of benzene rings is 2. The molecular formula is C60H83N7O2+2. The van der Waals surface area contributed by atoms with E-state index in [4.69, 9.17) is 19.4 Å². The molecule has 3 aromatic heterocycles. The van der Waals surface area contributed by atoms with E-state index < -0.39 is 0 Å². The van der Waals surface area contributed by atoms with Crippen LogP contribution in [0.5, 0.6) is 11.5 Å². The number of quaternary nitrogens is 2. The molecule has 5 heterocycles. The Morgan fingerprint density at radius 2 is 0.986 bits per heavy atom. The van der Waals surface area contributed by atoms with Crippen LogP contribution in [0.2, 0.25) is 0 Å². The van der Waals surface area contributed by atoms with Crippen molar-refractivity contribution in [1.29, 1.82) is 0 Å². The number of ether oxygens (including phenoxy) is 2. The zero-order chi connectivity index (χ0) is 48.6. The summed E-state index contributed by atoms with van der Waals surface area (Å²) >= 11 is 0. The number of unbranched alkanes of at least 4 members (excludes halogenated alkanes) is 9. The van der Waals surface area contributed by atoms with Crippen LogP contribution in [-0.2, 0) is 0 Å². The predicted molar refractivity (Wildman–Crippen MR) is 293 cm³/mol. The normalized spacial score (nSPS) is 13.1. The zero-order valence-electron chi connectivity index (χ0n) is 43.5. The summed E-state index contributed by atoms with van der Waals surface area (Å²) in [7, 11) is 13.9. The highest BCUT2D eigenvalue weighted by molar-refractivity contribution is 5.93. The van der Waals surface area contributed by atoms with E-state index in [2.05, 4.69) is 180 Å². The van der Waals surface area contributed by atoms with E-state index in [0.717, 1.165) is 120 Å². The Hall–Kier alpha value is -5.48. The first-order valence-corrected chi connectivity index (χ1v) is 26.3. The van der Waals surface area contributed by atoms with Gasteiger partial charge in [0.1, 0.15) is 17.5 Å². The summed E-state index contributed by atoms with van der Waals surface area (Å²) in [5, 5.41) is 0. The van der Waals surface area contributed by atoms with Gasteiger partial charge in [0.15, 0.2) is 0 Å². The third kappa shape index (κ3) is 15.0. The van der Waals surface area contributed by atoms with Crippen molar-refractivity contribution in [1.82, 2.24) is 24.8 Å². The van der Waals surface area contributed by atoms with Gasteiger partial charge in [-0.2, -0.15) is 0 Å². The van der Waals surface area contributed by atoms with Crippen molar-refractivity contribution in [3.05, 3.63) is 108 Å². The number of aromatic amines is 2. The molecule has 2 N–H and O–H groups in total. The number of rotatable bonds is 27. The minimum atomic E-state index is 0.656. The van der Waals surface area contributed by atoms with Crippen LogP contribution in [-0.4, -0.2) is 122 Å². The molecule has 0 aliphatic carbocycles. The average molecular weight is 934 g/mol. The number of hydrogen-bond acceptors (Lipinski definition) is 5. The van der Waals surface area contributed by atoms with Crippen LogP contribution in [0.1, 0.15) is 120 Å². The van der Waals surface area contributed by atoms with E-state index >= 15 is 0 Å². The third-order valence-electron chi connectivity index (χ3n) is 14.2. The van der Waals surface area contributed by atoms with Gasteiger partial charge in [0, 0.05) is 46.0 Å². The number of aromatic nitrogens is 4. The Morgan fingerprint density at radius 3 is 1.46 bits per heavy atom. The van der Waals surface area contributed by atoms with Gasteiger partial charge in [0.05, 0.1) is 90.4 Å². The van der Waals surface area contributed by atoms with E-state index in [-0.39, 0.29) is 0 Å². The van der Waals surface area contributed by atoms with Crippen molar-refractivity contribution in [3.8, 4) is 33.8 Å². The van der Waals surface area contributed by atoms with E-state index in [0.29, 0.717) is 12.6 Å². The van der Waals surface area contributed by atoms with Crippen molar-refractivity contribution >= 4 is 46.4 Å². The molecule has 2 aromatic carbocycles. The summed E-state index contributed by atoms with van der Waals surface area (Å²) < 4.78 is 14.6. The lowest BCUT2D eigenvalue weighted by Gasteiger charge is -2.40. The number of H-pyrrole nitrogens is 2. The molecule has 2 aliphatic rings. The number of nitrogens with one attached hydrogen (secondary N) is 2. The zero-order valence-corrected chi connectivity index (χ0v) is 43.5. The summed E-state index contributed by atoms with van der Waals surface area (Å²) in [5.74, 6) is 1.79. The Labute approximate surface area is 414 Å². The molecule has 0 amide bonds. The van der Waals surface area contributed by atoms with Gasteiger partial charge < -0.3 is 33.3 Å². The molecule has 0 saturated carbocycles. The highest BCUT2D eigenvalue weighted by atomic mass is 16.5. The van der Waals surface area contributed by atoms with Gasteiger partial charge in [-0.25, -0.2) is 9.97 Å². The molecule has 69 heavy (non-hydrogen) atoms. The van der Waals surface area contributed by atoms with Gasteiger partial charge in [-0.1, -0.05) is 95.9 Å². The molecule has 0 fully saturated rings. The third-order valence-corrected chi connectivity index (χ3v) is 14.2. The van der Waals surface area contributed by atoms with Crippen LogP contribution in [0.15, 0.2) is 84.9 Å². The maximum atomic E-state index is 6.33. The average Bonchev–Trinajstić information content (AvgIpc) is 4.18. The van der Waals surface area contributed by atoms with Gasteiger partial charge in [0.2, 0.25) is 0 Å². The molecule has 0 radical (unpaired) electrons. The van der Waals surface area contributed by atoms with Crippen LogP contribution < -0.4 is 9.47 Å². The van der Waals surface area contributed by atoms with E-state index in [1.807, 2.05) is 0 Å². The van der Waals surface area contributed by atoms with Crippen molar-refractivity contribution in [2.24, 2.45) is 0 Å². The molecule has 9 nitrogen and oxygen atoms in total. The van der Waals surface area contributed by atoms with E-state index in [1.54, 1.807) is 0 Å². The van der Waals surface area contributed by atoms with Gasteiger partial charge >= 0.3 is 0 Å². The first-order chi connectivity index (χ1) is 33.4. The standard InChI is InChI=1S/C60H83N7O2/c1-9-11-12-13-14-15-16-17-18-19-41-68-53-30-22-46(23-31-53)59-55-34-26-48(61-55)43-50-28-36-57(63-50)60(58-37-29-51(64-58)44-49-27-35-56(59)62-49)47-24-32-54(33-25-47)69-42-21-39-66(5,6)38-20-40-67(7,8)52(10-2)45-65(3)4/h22-37,43-44,52,61,64H,9-21,38-42,45H2,1-8H3/q+2. The maximum absolute atomic E-state index is 6.33. The summed E-state index contributed by atoms with van der Waals surface area (Å²) in [6, 6.07) is 30.4. The quantitative estimate of drug-likeness (QED) is 0.0397. The van der Waals surface area contributed by atoms with Gasteiger partial charge in [0.25, 0.3) is 0 Å². The molecule has 7 rings (SSSR count). The van der Waals surface area contributed by atoms with Crippen molar-refractivity contribution in [2.45, 2.75) is 103 Å². The fourth-order valence-electron chi connectivity index (χ4n) is 10.0. The predicted octanol–water partition coefficient (Wildman–Crippen LogP) is 13.9. The maximum Gasteiger partial charge on any atom is 0.119 e. The van der Waals surface area contributed by atoms with Crippen LogP contribution >= 0.6 is 0 Å². The SMILES string of the molecule is CCCCCCCCCCCCOc1ccc(-c2c3nc(cc4ccc([nH]4)c(-c4ccc(OCCC[N+](C)(C)CCC[N+](C)(C)C(CC)CN(C)C)cc4)c4nc(cc5ccc2[nH]5)C=C4)C=C3)cc1. The number of likely N-dealkylation sites (N-methyl/N-ethyl adjacent to an activating group) is 2. The lowest BCUT2D eigenvalue weighted by molar-refractivity contribution is -0.924. The topological polar surface area (TPSA) is 79.1 Å². The fourth-order valence-corrected chi connectivity index (χ4v) is 10.0. The van der Waals surface area contributed by atoms with Crippen molar-refractivity contribution in [3.63, 3.8) is 0 Å². The highest BCUT2D eigenvalue weighted by Gasteiger charge is 2.28. The van der Waals surface area contributed by atoms with E-state index in [9.17, 15) is 0 Å². The largest absolute Gasteiger partial charge is 0.494 e. The Morgan fingerprint density at radius 1 is 0.522 bits per heavy atom. The molecule has 1 unspecified atom stereocenters. The van der Waals surface area contributed by atoms with Crippen molar-refractivity contribution in [2.75, 3.05) is 81.7 Å². The summed E-state index contributed by atoms with van der Waals surface area (Å²) in [4.78, 5) is 20.1. The highest BCUT2D eigenvalue weighted by Crippen LogP contribution is 2.34.